The Balaban J connectivity index is 2.41. The minimum absolute atomic E-state index is 0.00920. The molecule has 2 aromatic rings. The fraction of sp³-hybridized carbons (Fsp3) is 0.0714. The zero-order valence-electron chi connectivity index (χ0n) is 11.2. The van der Waals surface area contributed by atoms with Gasteiger partial charge >= 0.3 is 16.1 Å². The van der Waals surface area contributed by atoms with Crippen molar-refractivity contribution in [1.82, 2.24) is 0 Å². The average molecular weight is 497 g/mol. The number of benzene rings is 2. The van der Waals surface area contributed by atoms with Gasteiger partial charge < -0.3 is 8.92 Å². The van der Waals surface area contributed by atoms with Gasteiger partial charge in [-0.2, -0.15) is 8.42 Å². The second-order valence-corrected chi connectivity index (χ2v) is 7.83. The summed E-state index contributed by atoms with van der Waals surface area (Å²) in [7, 11) is -2.82. The van der Waals surface area contributed by atoms with Gasteiger partial charge in [0.2, 0.25) is 0 Å². The molecular weight excluding hydrogens is 487 g/mol. The van der Waals surface area contributed by atoms with Crippen molar-refractivity contribution in [2.45, 2.75) is 4.90 Å². The van der Waals surface area contributed by atoms with Gasteiger partial charge in [-0.15, -0.1) is 0 Å². The Kier molecular flexibility index (Phi) is 5.45. The van der Waals surface area contributed by atoms with Crippen LogP contribution in [0, 0.1) is 3.57 Å². The van der Waals surface area contributed by atoms with E-state index in [1.54, 1.807) is 18.2 Å². The summed E-state index contributed by atoms with van der Waals surface area (Å²) in [5, 5.41) is 0. The fourth-order valence-electron chi connectivity index (χ4n) is 1.61. The van der Waals surface area contributed by atoms with Crippen LogP contribution in [0.4, 0.5) is 0 Å². The lowest BCUT2D eigenvalue weighted by molar-refractivity contribution is 0.0598. The highest BCUT2D eigenvalue weighted by Crippen LogP contribution is 2.26. The second kappa shape index (κ2) is 6.97. The van der Waals surface area contributed by atoms with Crippen LogP contribution in [0.2, 0.25) is 0 Å². The molecule has 2 rings (SSSR count). The van der Waals surface area contributed by atoms with E-state index in [0.717, 1.165) is 8.04 Å². The molecule has 0 heterocycles. The molecule has 5 nitrogen and oxygen atoms in total. The predicted molar refractivity (Wildman–Crippen MR) is 92.5 cm³/mol. The van der Waals surface area contributed by atoms with Gasteiger partial charge in [-0.3, -0.25) is 0 Å². The number of halogens is 2. The number of esters is 1. The van der Waals surface area contributed by atoms with Gasteiger partial charge in [0.15, 0.2) is 5.75 Å². The van der Waals surface area contributed by atoms with Gasteiger partial charge in [0.05, 0.1) is 7.11 Å². The summed E-state index contributed by atoms with van der Waals surface area (Å²) < 4.78 is 35.8. The predicted octanol–water partition coefficient (Wildman–Crippen LogP) is 3.61. The molecule has 0 N–H and O–H groups in total. The molecule has 0 saturated carbocycles. The summed E-state index contributed by atoms with van der Waals surface area (Å²) in [4.78, 5) is 11.7. The smallest absolute Gasteiger partial charge is 0.341 e. The minimum Gasteiger partial charge on any atom is -0.465 e. The van der Waals surface area contributed by atoms with E-state index in [4.69, 9.17) is 4.18 Å². The van der Waals surface area contributed by atoms with Crippen molar-refractivity contribution in [2.75, 3.05) is 7.11 Å². The molecule has 22 heavy (non-hydrogen) atoms. The zero-order chi connectivity index (χ0) is 16.3. The number of methoxy groups -OCH3 is 1. The SMILES string of the molecule is COC(=O)c1cc(I)ccc1OS(=O)(=O)c1ccc(Br)cc1. The topological polar surface area (TPSA) is 69.7 Å². The molecule has 0 atom stereocenters. The molecule has 0 radical (unpaired) electrons. The van der Waals surface area contributed by atoms with Gasteiger partial charge in [0, 0.05) is 8.04 Å². The van der Waals surface area contributed by atoms with Crippen LogP contribution in [-0.2, 0) is 14.9 Å². The standard InChI is InChI=1S/C14H10BrIO5S/c1-20-14(17)12-8-10(16)4-7-13(12)21-22(18,19)11-5-2-9(15)3-6-11/h2-8H,1H3. The quantitative estimate of drug-likeness (QED) is 0.367. The van der Waals surface area contributed by atoms with Crippen LogP contribution in [0.5, 0.6) is 5.75 Å². The van der Waals surface area contributed by atoms with Crippen molar-refractivity contribution >= 4 is 54.6 Å². The Bertz CT molecular complexity index is 802. The summed E-state index contributed by atoms with van der Waals surface area (Å²) in [6.07, 6.45) is 0. The number of carbonyl (C=O) groups is 1. The third-order valence-electron chi connectivity index (χ3n) is 2.65. The summed E-state index contributed by atoms with van der Waals surface area (Å²) in [5.74, 6) is -0.741. The molecule has 0 unspecified atom stereocenters. The summed E-state index contributed by atoms with van der Waals surface area (Å²) in [6, 6.07) is 10.5. The average Bonchev–Trinajstić information content (AvgIpc) is 2.48. The maximum Gasteiger partial charge on any atom is 0.341 e. The molecule has 0 bridgehead atoms. The zero-order valence-corrected chi connectivity index (χ0v) is 15.8. The van der Waals surface area contributed by atoms with Crippen molar-refractivity contribution < 1.29 is 22.1 Å². The number of rotatable bonds is 4. The van der Waals surface area contributed by atoms with E-state index in [2.05, 4.69) is 20.7 Å². The Morgan fingerprint density at radius 3 is 2.36 bits per heavy atom. The van der Waals surface area contributed by atoms with Crippen molar-refractivity contribution in [3.63, 3.8) is 0 Å². The number of hydrogen-bond donors (Lipinski definition) is 0. The van der Waals surface area contributed by atoms with Crippen molar-refractivity contribution in [1.29, 1.82) is 0 Å². The first-order valence-electron chi connectivity index (χ1n) is 5.91. The molecule has 0 aromatic heterocycles. The first-order valence-corrected chi connectivity index (χ1v) is 9.19. The highest BCUT2D eigenvalue weighted by Gasteiger charge is 2.21. The molecular formula is C14H10BrIO5S. The number of carbonyl (C=O) groups excluding carboxylic acids is 1. The fourth-order valence-corrected chi connectivity index (χ4v) is 3.31. The number of ether oxygens (including phenoxy) is 1. The number of hydrogen-bond acceptors (Lipinski definition) is 5. The van der Waals surface area contributed by atoms with Gasteiger partial charge in [0.1, 0.15) is 10.5 Å². The van der Waals surface area contributed by atoms with E-state index in [1.165, 1.54) is 31.4 Å². The Hall–Kier alpha value is -1.13. The van der Waals surface area contributed by atoms with Crippen LogP contribution in [0.1, 0.15) is 10.4 Å². The summed E-state index contributed by atoms with van der Waals surface area (Å²) in [6.45, 7) is 0. The minimum atomic E-state index is -4.04. The molecule has 2 aromatic carbocycles. The maximum atomic E-state index is 12.3. The lowest BCUT2D eigenvalue weighted by Crippen LogP contribution is -2.13. The van der Waals surface area contributed by atoms with Crippen LogP contribution in [0.25, 0.3) is 0 Å². The Labute approximate surface area is 150 Å². The summed E-state index contributed by atoms with van der Waals surface area (Å²) in [5.41, 5.74) is 0.0510. The van der Waals surface area contributed by atoms with Crippen LogP contribution in [-0.4, -0.2) is 21.5 Å². The first kappa shape index (κ1) is 17.2. The molecule has 0 amide bonds. The van der Waals surface area contributed by atoms with Crippen LogP contribution < -0.4 is 4.18 Å². The maximum absolute atomic E-state index is 12.3. The van der Waals surface area contributed by atoms with Crippen molar-refractivity contribution in [2.24, 2.45) is 0 Å². The van der Waals surface area contributed by atoms with Gasteiger partial charge in [-0.05, 0) is 65.1 Å². The molecule has 0 aliphatic rings. The molecule has 8 heteroatoms. The van der Waals surface area contributed by atoms with E-state index >= 15 is 0 Å². The third-order valence-corrected chi connectivity index (χ3v) is 5.10. The van der Waals surface area contributed by atoms with Gasteiger partial charge in [0.25, 0.3) is 0 Å². The lowest BCUT2D eigenvalue weighted by atomic mass is 10.2. The monoisotopic (exact) mass is 496 g/mol. The van der Waals surface area contributed by atoms with Crippen LogP contribution in [0.3, 0.4) is 0 Å². The largest absolute Gasteiger partial charge is 0.465 e. The van der Waals surface area contributed by atoms with Crippen molar-refractivity contribution in [3.8, 4) is 5.75 Å². The van der Waals surface area contributed by atoms with Crippen LogP contribution >= 0.6 is 38.5 Å². The normalized spacial score (nSPS) is 11.0. The van der Waals surface area contributed by atoms with Crippen LogP contribution in [0.15, 0.2) is 51.8 Å². The second-order valence-electron chi connectivity index (χ2n) is 4.12. The van der Waals surface area contributed by atoms with Gasteiger partial charge in [-0.25, -0.2) is 4.79 Å². The highest BCUT2D eigenvalue weighted by atomic mass is 127. The molecule has 0 aliphatic carbocycles. The first-order chi connectivity index (χ1) is 10.3. The molecule has 0 spiro atoms. The Morgan fingerprint density at radius 1 is 1.14 bits per heavy atom. The Morgan fingerprint density at radius 2 is 1.77 bits per heavy atom. The van der Waals surface area contributed by atoms with E-state index < -0.39 is 16.1 Å². The van der Waals surface area contributed by atoms with E-state index in [-0.39, 0.29) is 16.2 Å². The highest BCUT2D eigenvalue weighted by molar-refractivity contribution is 14.1. The molecule has 0 aliphatic heterocycles. The van der Waals surface area contributed by atoms with E-state index in [9.17, 15) is 13.2 Å². The molecule has 0 saturated heterocycles. The van der Waals surface area contributed by atoms with E-state index in [1.807, 2.05) is 22.6 Å². The molecule has 0 fully saturated rings. The lowest BCUT2D eigenvalue weighted by Gasteiger charge is -2.11. The molecule has 116 valence electrons. The van der Waals surface area contributed by atoms with E-state index in [0.29, 0.717) is 0 Å². The summed E-state index contributed by atoms with van der Waals surface area (Å²) >= 11 is 5.24. The third kappa shape index (κ3) is 3.99. The van der Waals surface area contributed by atoms with Crippen molar-refractivity contribution in [3.05, 3.63) is 56.1 Å². The van der Waals surface area contributed by atoms with Gasteiger partial charge in [-0.1, -0.05) is 15.9 Å².